The zero-order valence-corrected chi connectivity index (χ0v) is 22.1. The fourth-order valence-electron chi connectivity index (χ4n) is 5.36. The zero-order chi connectivity index (χ0) is 27.9. The third-order valence-electron chi connectivity index (χ3n) is 7.51. The van der Waals surface area contributed by atoms with Crippen LogP contribution in [0.25, 0.3) is 10.8 Å². The highest BCUT2D eigenvalue weighted by molar-refractivity contribution is 5.98. The molecule has 5 rings (SSSR count). The molecule has 4 aromatic carbocycles. The van der Waals surface area contributed by atoms with Gasteiger partial charge in [0.05, 0.1) is 6.04 Å². The molecule has 40 heavy (non-hydrogen) atoms. The Labute approximate surface area is 233 Å². The molecule has 0 saturated carbocycles. The lowest BCUT2D eigenvalue weighted by Crippen LogP contribution is -2.49. The first-order chi connectivity index (χ1) is 19.5. The minimum atomic E-state index is -0.662. The molecule has 0 aromatic heterocycles. The predicted molar refractivity (Wildman–Crippen MR) is 154 cm³/mol. The maximum absolute atomic E-state index is 13.6. The molecule has 7 heteroatoms. The van der Waals surface area contributed by atoms with Crippen LogP contribution in [0.15, 0.2) is 97.1 Å². The van der Waals surface area contributed by atoms with Gasteiger partial charge in [-0.2, -0.15) is 0 Å². The van der Waals surface area contributed by atoms with Gasteiger partial charge in [0.25, 0.3) is 5.91 Å². The van der Waals surface area contributed by atoms with Gasteiger partial charge in [-0.25, -0.2) is 4.39 Å². The normalized spacial score (nSPS) is 17.6. The summed E-state index contributed by atoms with van der Waals surface area (Å²) in [7, 11) is 0. The Bertz CT molecular complexity index is 1440. The van der Waals surface area contributed by atoms with Gasteiger partial charge in [0.15, 0.2) is 0 Å². The Morgan fingerprint density at radius 2 is 1.60 bits per heavy atom. The summed E-state index contributed by atoms with van der Waals surface area (Å²) in [5.41, 5.74) is 2.71. The average Bonchev–Trinajstić information content (AvgIpc) is 3.13. The molecule has 1 aliphatic heterocycles. The van der Waals surface area contributed by atoms with Crippen molar-refractivity contribution in [2.45, 2.75) is 30.8 Å². The zero-order valence-electron chi connectivity index (χ0n) is 22.1. The first-order valence-electron chi connectivity index (χ1n) is 13.6. The van der Waals surface area contributed by atoms with Gasteiger partial charge in [0.1, 0.15) is 12.1 Å². The molecule has 1 heterocycles. The van der Waals surface area contributed by atoms with Crippen LogP contribution in [0.5, 0.6) is 0 Å². The number of amides is 2. The summed E-state index contributed by atoms with van der Waals surface area (Å²) in [5.74, 6) is -0.697. The van der Waals surface area contributed by atoms with Gasteiger partial charge >= 0.3 is 0 Å². The number of carbonyl (C=O) groups excluding carboxylic acids is 3. The van der Waals surface area contributed by atoms with Gasteiger partial charge in [0, 0.05) is 43.6 Å². The van der Waals surface area contributed by atoms with E-state index in [0.29, 0.717) is 31.6 Å². The highest BCUT2D eigenvalue weighted by Crippen LogP contribution is 2.27. The van der Waals surface area contributed by atoms with Gasteiger partial charge in [-0.3, -0.25) is 9.59 Å². The van der Waals surface area contributed by atoms with Crippen LogP contribution in [-0.4, -0.2) is 54.7 Å². The Morgan fingerprint density at radius 3 is 2.27 bits per heavy atom. The summed E-state index contributed by atoms with van der Waals surface area (Å²) in [5, 5.41) is 7.78. The maximum Gasteiger partial charge on any atom is 0.251 e. The van der Waals surface area contributed by atoms with Gasteiger partial charge in [-0.05, 0) is 52.6 Å². The lowest BCUT2D eigenvalue weighted by molar-refractivity contribution is -0.133. The number of benzene rings is 4. The van der Waals surface area contributed by atoms with E-state index >= 15 is 0 Å². The van der Waals surface area contributed by atoms with Crippen molar-refractivity contribution in [2.75, 3.05) is 19.6 Å². The second-order valence-electron chi connectivity index (χ2n) is 10.2. The fourth-order valence-corrected chi connectivity index (χ4v) is 5.36. The van der Waals surface area contributed by atoms with Crippen LogP contribution in [0.3, 0.4) is 0 Å². The first-order valence-corrected chi connectivity index (χ1v) is 13.6. The number of rotatable bonds is 9. The standard InChI is InChI=1S/C33H32FN3O3/c34-28-14-13-25-19-27(12-11-26(25)20-28)32(39)35-21-29-15-17-37(33(40)31(36-29)16-18-38)22-30(23-7-3-1-4-8-23)24-9-5-2-6-10-24/h1-14,18-20,29-31,36H,15-17,21-22H2,(H,35,39)/t29?,31-/m0/s1. The molecule has 2 atom stereocenters. The van der Waals surface area contributed by atoms with Crippen LogP contribution < -0.4 is 10.6 Å². The van der Waals surface area contributed by atoms with Crippen LogP contribution >= 0.6 is 0 Å². The van der Waals surface area contributed by atoms with Crippen LogP contribution in [0.2, 0.25) is 0 Å². The maximum atomic E-state index is 13.6. The van der Waals surface area contributed by atoms with Crippen LogP contribution in [0.4, 0.5) is 4.39 Å². The Balaban J connectivity index is 1.29. The molecule has 0 bridgehead atoms. The number of aldehydes is 1. The average molecular weight is 538 g/mol. The van der Waals surface area contributed by atoms with E-state index in [-0.39, 0.29) is 36.0 Å². The molecule has 1 unspecified atom stereocenters. The molecular weight excluding hydrogens is 505 g/mol. The summed E-state index contributed by atoms with van der Waals surface area (Å²) in [6, 6.07) is 29.0. The summed E-state index contributed by atoms with van der Waals surface area (Å²) in [6.45, 7) is 1.29. The molecule has 2 N–H and O–H groups in total. The molecular formula is C33H32FN3O3. The third kappa shape index (κ3) is 6.43. The highest BCUT2D eigenvalue weighted by Gasteiger charge is 2.32. The monoisotopic (exact) mass is 537 g/mol. The summed E-state index contributed by atoms with van der Waals surface area (Å²) >= 11 is 0. The van der Waals surface area contributed by atoms with Crippen LogP contribution in [0.1, 0.15) is 40.2 Å². The Hall–Kier alpha value is -4.36. The van der Waals surface area contributed by atoms with Crippen molar-refractivity contribution in [3.8, 4) is 0 Å². The minimum absolute atomic E-state index is 0.0131. The summed E-state index contributed by atoms with van der Waals surface area (Å²) in [4.78, 5) is 39.8. The lowest BCUT2D eigenvalue weighted by Gasteiger charge is -2.29. The van der Waals surface area contributed by atoms with E-state index in [4.69, 9.17) is 0 Å². The fraction of sp³-hybridized carbons (Fsp3) is 0.242. The van der Waals surface area contributed by atoms with Crippen molar-refractivity contribution in [1.29, 1.82) is 0 Å². The quantitative estimate of drug-likeness (QED) is 0.304. The minimum Gasteiger partial charge on any atom is -0.350 e. The van der Waals surface area contributed by atoms with E-state index in [1.165, 1.54) is 12.1 Å². The first kappa shape index (κ1) is 27.2. The van der Waals surface area contributed by atoms with E-state index in [9.17, 15) is 18.8 Å². The molecule has 4 aromatic rings. The number of nitrogens with one attached hydrogen (secondary N) is 2. The number of hydrogen-bond acceptors (Lipinski definition) is 4. The van der Waals surface area contributed by atoms with E-state index in [1.54, 1.807) is 24.3 Å². The van der Waals surface area contributed by atoms with Crippen molar-refractivity contribution < 1.29 is 18.8 Å². The van der Waals surface area contributed by atoms with Crippen LogP contribution in [0, 0.1) is 5.82 Å². The Morgan fingerprint density at radius 1 is 0.950 bits per heavy atom. The van der Waals surface area contributed by atoms with E-state index in [1.807, 2.05) is 41.3 Å². The van der Waals surface area contributed by atoms with Gasteiger partial charge < -0.3 is 20.3 Å². The SMILES string of the molecule is O=CC[C@@H]1NC(CNC(=O)c2ccc3cc(F)ccc3c2)CCN(CC(c2ccccc2)c2ccccc2)C1=O. The number of hydrogen-bond donors (Lipinski definition) is 2. The number of fused-ring (bicyclic) bond motifs is 1. The molecule has 0 spiro atoms. The second kappa shape index (κ2) is 12.7. The predicted octanol–water partition coefficient (Wildman–Crippen LogP) is 4.69. The van der Waals surface area contributed by atoms with E-state index in [0.717, 1.165) is 28.2 Å². The molecule has 6 nitrogen and oxygen atoms in total. The summed E-state index contributed by atoms with van der Waals surface area (Å²) in [6.07, 6.45) is 1.44. The smallest absolute Gasteiger partial charge is 0.251 e. The molecule has 0 aliphatic carbocycles. The van der Waals surface area contributed by atoms with Crippen molar-refractivity contribution >= 4 is 28.9 Å². The van der Waals surface area contributed by atoms with E-state index in [2.05, 4.69) is 34.9 Å². The van der Waals surface area contributed by atoms with Gasteiger partial charge in [0.2, 0.25) is 5.91 Å². The molecule has 204 valence electrons. The molecule has 1 aliphatic rings. The molecule has 0 radical (unpaired) electrons. The van der Waals surface area contributed by atoms with Crippen molar-refractivity contribution in [1.82, 2.24) is 15.5 Å². The van der Waals surface area contributed by atoms with Gasteiger partial charge in [-0.1, -0.05) is 72.8 Å². The second-order valence-corrected chi connectivity index (χ2v) is 10.2. The van der Waals surface area contributed by atoms with Crippen molar-refractivity contribution in [3.63, 3.8) is 0 Å². The molecule has 2 amide bonds. The third-order valence-corrected chi connectivity index (χ3v) is 7.51. The Kier molecular flexibility index (Phi) is 8.62. The number of halogens is 1. The number of nitrogens with zero attached hydrogens (tertiary/aromatic N) is 1. The highest BCUT2D eigenvalue weighted by atomic mass is 19.1. The topological polar surface area (TPSA) is 78.5 Å². The lowest BCUT2D eigenvalue weighted by atomic mass is 9.90. The van der Waals surface area contributed by atoms with Gasteiger partial charge in [-0.15, -0.1) is 0 Å². The molecule has 1 saturated heterocycles. The molecule has 1 fully saturated rings. The largest absolute Gasteiger partial charge is 0.350 e. The van der Waals surface area contributed by atoms with Crippen molar-refractivity contribution in [2.24, 2.45) is 0 Å². The van der Waals surface area contributed by atoms with Crippen molar-refractivity contribution in [3.05, 3.63) is 120 Å². The number of carbonyl (C=O) groups is 3. The summed E-state index contributed by atoms with van der Waals surface area (Å²) < 4.78 is 13.5. The van der Waals surface area contributed by atoms with Crippen LogP contribution in [-0.2, 0) is 9.59 Å². The van der Waals surface area contributed by atoms with E-state index < -0.39 is 6.04 Å².